The molecule has 1 rings (SSSR count). The Morgan fingerprint density at radius 2 is 2.14 bits per heavy atom. The molecule has 0 spiro atoms. The van der Waals surface area contributed by atoms with Gasteiger partial charge in [-0.25, -0.2) is 4.79 Å². The first kappa shape index (κ1) is 10.5. The van der Waals surface area contributed by atoms with Crippen LogP contribution in [0.4, 0.5) is 0 Å². The van der Waals surface area contributed by atoms with Gasteiger partial charge in [-0.15, -0.1) is 0 Å². The van der Waals surface area contributed by atoms with Crippen LogP contribution in [0.2, 0.25) is 0 Å². The molecular formula is C11H12O3. The fourth-order valence-electron chi connectivity index (χ4n) is 1.19. The monoisotopic (exact) mass is 192 g/mol. The van der Waals surface area contributed by atoms with Crippen molar-refractivity contribution in [3.05, 3.63) is 42.0 Å². The fraction of sp³-hybridized carbons (Fsp3) is 0.182. The largest absolute Gasteiger partial charge is 0.465 e. The number of aliphatic hydroxyl groups excluding tert-OH is 1. The van der Waals surface area contributed by atoms with E-state index in [2.05, 4.69) is 11.3 Å². The zero-order valence-corrected chi connectivity index (χ0v) is 7.99. The van der Waals surface area contributed by atoms with Crippen molar-refractivity contribution in [1.29, 1.82) is 0 Å². The molecule has 3 nitrogen and oxygen atoms in total. The molecule has 0 aromatic heterocycles. The van der Waals surface area contributed by atoms with Gasteiger partial charge in [0.05, 0.1) is 19.3 Å². The Balaban J connectivity index is 3.06. The molecule has 0 atom stereocenters. The van der Waals surface area contributed by atoms with Gasteiger partial charge in [0.1, 0.15) is 0 Å². The summed E-state index contributed by atoms with van der Waals surface area (Å²) in [6, 6.07) is 7.04. The standard InChI is InChI=1S/C11H12O3/c1-8(11(13)14-2)10-6-4-3-5-9(10)7-12/h3-6,12H,1,7H2,2H3. The number of rotatable bonds is 3. The second kappa shape index (κ2) is 4.58. The van der Waals surface area contributed by atoms with E-state index in [-0.39, 0.29) is 12.2 Å². The van der Waals surface area contributed by atoms with E-state index in [1.807, 2.05) is 0 Å². The predicted octanol–water partition coefficient (Wildman–Crippen LogP) is 1.37. The van der Waals surface area contributed by atoms with Crippen LogP contribution in [0, 0.1) is 0 Å². The van der Waals surface area contributed by atoms with E-state index in [9.17, 15) is 4.79 Å². The molecule has 74 valence electrons. The number of ether oxygens (including phenoxy) is 1. The zero-order chi connectivity index (χ0) is 10.6. The number of benzene rings is 1. The minimum absolute atomic E-state index is 0.119. The number of esters is 1. The smallest absolute Gasteiger partial charge is 0.337 e. The minimum Gasteiger partial charge on any atom is -0.465 e. The first-order valence-electron chi connectivity index (χ1n) is 4.17. The van der Waals surface area contributed by atoms with Gasteiger partial charge in [-0.3, -0.25) is 0 Å². The van der Waals surface area contributed by atoms with Gasteiger partial charge < -0.3 is 9.84 Å². The average Bonchev–Trinajstić information content (AvgIpc) is 2.26. The van der Waals surface area contributed by atoms with Gasteiger partial charge in [0.15, 0.2) is 0 Å². The molecule has 0 aliphatic carbocycles. The van der Waals surface area contributed by atoms with Crippen LogP contribution in [0.15, 0.2) is 30.8 Å². The summed E-state index contributed by atoms with van der Waals surface area (Å²) in [5.41, 5.74) is 1.56. The Kier molecular flexibility index (Phi) is 3.42. The summed E-state index contributed by atoms with van der Waals surface area (Å²) in [6.45, 7) is 3.50. The molecule has 1 N–H and O–H groups in total. The van der Waals surface area contributed by atoms with Crippen molar-refractivity contribution in [2.24, 2.45) is 0 Å². The zero-order valence-electron chi connectivity index (χ0n) is 7.99. The molecule has 0 heterocycles. The molecule has 3 heteroatoms. The SMILES string of the molecule is C=C(C(=O)OC)c1ccccc1CO. The van der Waals surface area contributed by atoms with Gasteiger partial charge in [-0.2, -0.15) is 0 Å². The Morgan fingerprint density at radius 3 is 2.71 bits per heavy atom. The van der Waals surface area contributed by atoms with E-state index in [0.717, 1.165) is 0 Å². The summed E-state index contributed by atoms with van der Waals surface area (Å²) < 4.78 is 4.55. The second-order valence-electron chi connectivity index (χ2n) is 2.79. The Hall–Kier alpha value is -1.61. The Morgan fingerprint density at radius 1 is 1.50 bits per heavy atom. The Labute approximate surface area is 82.6 Å². The lowest BCUT2D eigenvalue weighted by Crippen LogP contribution is -2.04. The molecule has 0 unspecified atom stereocenters. The first-order chi connectivity index (χ1) is 6.70. The number of aliphatic hydroxyl groups is 1. The average molecular weight is 192 g/mol. The van der Waals surface area contributed by atoms with Gasteiger partial charge in [0, 0.05) is 0 Å². The van der Waals surface area contributed by atoms with Crippen LogP contribution in [0.1, 0.15) is 11.1 Å². The molecule has 0 aliphatic heterocycles. The van der Waals surface area contributed by atoms with Crippen LogP contribution in [-0.2, 0) is 16.1 Å². The van der Waals surface area contributed by atoms with E-state index < -0.39 is 5.97 Å². The number of carbonyl (C=O) groups excluding carboxylic acids is 1. The highest BCUT2D eigenvalue weighted by Crippen LogP contribution is 2.18. The van der Waals surface area contributed by atoms with Crippen molar-refractivity contribution in [2.75, 3.05) is 7.11 Å². The molecule has 0 fully saturated rings. The van der Waals surface area contributed by atoms with Gasteiger partial charge in [0.25, 0.3) is 0 Å². The lowest BCUT2D eigenvalue weighted by molar-refractivity contribution is -0.133. The molecular weight excluding hydrogens is 180 g/mol. The minimum atomic E-state index is -0.481. The molecule has 0 saturated heterocycles. The summed E-state index contributed by atoms with van der Waals surface area (Å²) in [6.07, 6.45) is 0. The summed E-state index contributed by atoms with van der Waals surface area (Å²) in [7, 11) is 1.30. The number of carbonyl (C=O) groups is 1. The van der Waals surface area contributed by atoms with Crippen molar-refractivity contribution in [3.63, 3.8) is 0 Å². The molecule has 1 aromatic rings. The van der Waals surface area contributed by atoms with Gasteiger partial charge in [-0.1, -0.05) is 30.8 Å². The van der Waals surface area contributed by atoms with Crippen molar-refractivity contribution >= 4 is 11.5 Å². The highest BCUT2D eigenvalue weighted by atomic mass is 16.5. The van der Waals surface area contributed by atoms with Crippen LogP contribution in [-0.4, -0.2) is 18.2 Å². The topological polar surface area (TPSA) is 46.5 Å². The van der Waals surface area contributed by atoms with Crippen molar-refractivity contribution in [1.82, 2.24) is 0 Å². The quantitative estimate of drug-likeness (QED) is 0.581. The van der Waals surface area contributed by atoms with Gasteiger partial charge in [-0.05, 0) is 11.1 Å². The second-order valence-corrected chi connectivity index (χ2v) is 2.79. The maximum Gasteiger partial charge on any atom is 0.337 e. The van der Waals surface area contributed by atoms with Gasteiger partial charge >= 0.3 is 5.97 Å². The van der Waals surface area contributed by atoms with Crippen LogP contribution >= 0.6 is 0 Å². The number of methoxy groups -OCH3 is 1. The van der Waals surface area contributed by atoms with E-state index in [0.29, 0.717) is 11.1 Å². The molecule has 14 heavy (non-hydrogen) atoms. The number of hydrogen-bond acceptors (Lipinski definition) is 3. The van der Waals surface area contributed by atoms with Crippen molar-refractivity contribution < 1.29 is 14.6 Å². The Bertz CT molecular complexity index is 355. The van der Waals surface area contributed by atoms with E-state index in [1.165, 1.54) is 7.11 Å². The first-order valence-corrected chi connectivity index (χ1v) is 4.17. The summed E-state index contributed by atoms with van der Waals surface area (Å²) >= 11 is 0. The van der Waals surface area contributed by atoms with Gasteiger partial charge in [0.2, 0.25) is 0 Å². The molecule has 0 radical (unpaired) electrons. The van der Waals surface area contributed by atoms with E-state index in [1.54, 1.807) is 24.3 Å². The summed E-state index contributed by atoms with van der Waals surface area (Å²) in [4.78, 5) is 11.2. The highest BCUT2D eigenvalue weighted by Gasteiger charge is 2.12. The molecule has 0 bridgehead atoms. The van der Waals surface area contributed by atoms with Crippen molar-refractivity contribution in [3.8, 4) is 0 Å². The van der Waals surface area contributed by atoms with E-state index in [4.69, 9.17) is 5.11 Å². The van der Waals surface area contributed by atoms with Crippen LogP contribution in [0.25, 0.3) is 5.57 Å². The van der Waals surface area contributed by atoms with Crippen LogP contribution in [0.3, 0.4) is 0 Å². The molecule has 0 saturated carbocycles. The maximum atomic E-state index is 11.2. The molecule has 0 aliphatic rings. The van der Waals surface area contributed by atoms with Crippen LogP contribution < -0.4 is 0 Å². The molecule has 1 aromatic carbocycles. The lowest BCUT2D eigenvalue weighted by Gasteiger charge is -2.07. The van der Waals surface area contributed by atoms with E-state index >= 15 is 0 Å². The molecule has 0 amide bonds. The highest BCUT2D eigenvalue weighted by molar-refractivity contribution is 6.15. The lowest BCUT2D eigenvalue weighted by atomic mass is 10.0. The summed E-state index contributed by atoms with van der Waals surface area (Å²) in [5.74, 6) is -0.481. The third kappa shape index (κ3) is 2.00. The maximum absolute atomic E-state index is 11.2. The predicted molar refractivity (Wildman–Crippen MR) is 53.4 cm³/mol. The normalized spacial score (nSPS) is 9.57. The van der Waals surface area contributed by atoms with Crippen molar-refractivity contribution in [2.45, 2.75) is 6.61 Å². The third-order valence-corrected chi connectivity index (χ3v) is 1.94. The summed E-state index contributed by atoms with van der Waals surface area (Å²) in [5, 5.41) is 9.03. The third-order valence-electron chi connectivity index (χ3n) is 1.94. The van der Waals surface area contributed by atoms with Crippen LogP contribution in [0.5, 0.6) is 0 Å². The number of hydrogen-bond donors (Lipinski definition) is 1. The fourth-order valence-corrected chi connectivity index (χ4v) is 1.19.